The minimum atomic E-state index is -1.01. The molecular formula is C13H9FN4O2. The lowest BCUT2D eigenvalue weighted by atomic mass is 9.87. The summed E-state index contributed by atoms with van der Waals surface area (Å²) < 4.78 is 14.0. The van der Waals surface area contributed by atoms with Gasteiger partial charge in [0.2, 0.25) is 0 Å². The van der Waals surface area contributed by atoms with E-state index < -0.39 is 29.7 Å². The molecule has 6 nitrogen and oxygen atoms in total. The van der Waals surface area contributed by atoms with Gasteiger partial charge in [0.25, 0.3) is 5.91 Å². The third kappa shape index (κ3) is 1.42. The second-order valence-corrected chi connectivity index (χ2v) is 4.52. The van der Waals surface area contributed by atoms with Gasteiger partial charge >= 0.3 is 6.03 Å². The lowest BCUT2D eigenvalue weighted by molar-refractivity contribution is -0.121. The molecule has 0 unspecified atom stereocenters. The number of benzene rings is 1. The first kappa shape index (κ1) is 12.2. The van der Waals surface area contributed by atoms with Crippen molar-refractivity contribution in [3.05, 3.63) is 47.0 Å². The number of carbonyl (C=O) groups is 2. The van der Waals surface area contributed by atoms with Crippen LogP contribution in [0.15, 0.2) is 35.7 Å². The van der Waals surface area contributed by atoms with E-state index in [4.69, 9.17) is 5.73 Å². The number of halogens is 1. The number of nitriles is 1. The van der Waals surface area contributed by atoms with Gasteiger partial charge in [-0.05, 0) is 11.6 Å². The topological polar surface area (TPSA) is 99.2 Å². The Kier molecular flexibility index (Phi) is 2.47. The third-order valence-corrected chi connectivity index (χ3v) is 3.52. The van der Waals surface area contributed by atoms with Crippen LogP contribution in [-0.2, 0) is 4.79 Å². The van der Waals surface area contributed by atoms with E-state index in [1.165, 1.54) is 18.2 Å². The number of fused-ring (bicyclic) bond motifs is 1. The zero-order chi connectivity index (χ0) is 14.4. The van der Waals surface area contributed by atoms with Gasteiger partial charge in [-0.1, -0.05) is 18.2 Å². The molecule has 2 aliphatic rings. The van der Waals surface area contributed by atoms with E-state index in [9.17, 15) is 19.2 Å². The Morgan fingerprint density at radius 1 is 1.35 bits per heavy atom. The summed E-state index contributed by atoms with van der Waals surface area (Å²) in [5.74, 6) is -2.12. The highest BCUT2D eigenvalue weighted by Crippen LogP contribution is 2.41. The Balaban J connectivity index is 2.20. The van der Waals surface area contributed by atoms with E-state index >= 15 is 0 Å². The van der Waals surface area contributed by atoms with Crippen LogP contribution in [0.25, 0.3) is 0 Å². The first-order chi connectivity index (χ1) is 9.56. The molecule has 3 rings (SSSR count). The lowest BCUT2D eigenvalue weighted by Gasteiger charge is -2.19. The SMILES string of the molecule is N#CC1=C(N)N2C(=O)NC(=O)[C@@H]2[C@H]1c1ccccc1F. The zero-order valence-electron chi connectivity index (χ0n) is 10.1. The largest absolute Gasteiger partial charge is 0.384 e. The number of urea groups is 1. The van der Waals surface area contributed by atoms with Gasteiger partial charge in [0.05, 0.1) is 17.6 Å². The second-order valence-electron chi connectivity index (χ2n) is 4.52. The Labute approximate surface area is 113 Å². The van der Waals surface area contributed by atoms with E-state index in [2.05, 4.69) is 5.32 Å². The van der Waals surface area contributed by atoms with Crippen molar-refractivity contribution in [2.75, 3.05) is 0 Å². The molecule has 20 heavy (non-hydrogen) atoms. The van der Waals surface area contributed by atoms with Gasteiger partial charge in [0.15, 0.2) is 0 Å². The Hall–Kier alpha value is -2.88. The Morgan fingerprint density at radius 3 is 2.70 bits per heavy atom. The summed E-state index contributed by atoms with van der Waals surface area (Å²) in [5.41, 5.74) is 5.95. The number of nitrogens with two attached hydrogens (primary N) is 1. The normalized spacial score (nSPS) is 24.7. The van der Waals surface area contributed by atoms with Gasteiger partial charge in [0, 0.05) is 0 Å². The molecule has 1 aromatic rings. The summed E-state index contributed by atoms with van der Waals surface area (Å²) in [5, 5.41) is 11.3. The smallest absolute Gasteiger partial charge is 0.330 e. The Morgan fingerprint density at radius 2 is 2.05 bits per heavy atom. The van der Waals surface area contributed by atoms with Gasteiger partial charge in [-0.3, -0.25) is 15.0 Å². The molecule has 0 radical (unpaired) electrons. The van der Waals surface area contributed by atoms with Crippen molar-refractivity contribution in [1.29, 1.82) is 5.26 Å². The summed E-state index contributed by atoms with van der Waals surface area (Å²) >= 11 is 0. The number of rotatable bonds is 1. The molecule has 1 fully saturated rings. The van der Waals surface area contributed by atoms with Crippen molar-refractivity contribution in [2.45, 2.75) is 12.0 Å². The minimum Gasteiger partial charge on any atom is -0.384 e. The maximum absolute atomic E-state index is 14.0. The monoisotopic (exact) mass is 272 g/mol. The molecular weight excluding hydrogens is 263 g/mol. The number of nitrogens with zero attached hydrogens (tertiary/aromatic N) is 2. The molecule has 2 atom stereocenters. The van der Waals surface area contributed by atoms with Crippen molar-refractivity contribution in [3.63, 3.8) is 0 Å². The highest BCUT2D eigenvalue weighted by Gasteiger charge is 2.53. The van der Waals surface area contributed by atoms with Crippen molar-refractivity contribution in [1.82, 2.24) is 10.2 Å². The molecule has 0 bridgehead atoms. The van der Waals surface area contributed by atoms with E-state index in [0.717, 1.165) is 4.90 Å². The fraction of sp³-hybridized carbons (Fsp3) is 0.154. The molecule has 0 spiro atoms. The molecule has 0 saturated carbocycles. The average Bonchev–Trinajstić information content (AvgIpc) is 2.87. The quantitative estimate of drug-likeness (QED) is 0.729. The van der Waals surface area contributed by atoms with Crippen LogP contribution in [0.1, 0.15) is 11.5 Å². The first-order valence-electron chi connectivity index (χ1n) is 5.84. The van der Waals surface area contributed by atoms with Crippen molar-refractivity contribution in [2.24, 2.45) is 5.73 Å². The molecule has 1 aromatic carbocycles. The predicted molar refractivity (Wildman–Crippen MR) is 65.1 cm³/mol. The molecule has 3 N–H and O–H groups in total. The molecule has 2 heterocycles. The summed E-state index contributed by atoms with van der Waals surface area (Å²) in [6.07, 6.45) is 0. The van der Waals surface area contributed by atoms with Crippen LogP contribution < -0.4 is 11.1 Å². The van der Waals surface area contributed by atoms with Crippen molar-refractivity contribution < 1.29 is 14.0 Å². The van der Waals surface area contributed by atoms with Gasteiger partial charge in [-0.25, -0.2) is 9.18 Å². The Bertz CT molecular complexity index is 707. The van der Waals surface area contributed by atoms with Crippen LogP contribution in [0.4, 0.5) is 9.18 Å². The molecule has 0 aromatic heterocycles. The number of hydrogen-bond acceptors (Lipinski definition) is 4. The molecule has 0 aliphatic carbocycles. The van der Waals surface area contributed by atoms with E-state index in [1.54, 1.807) is 6.07 Å². The van der Waals surface area contributed by atoms with Crippen LogP contribution in [0.5, 0.6) is 0 Å². The fourth-order valence-corrected chi connectivity index (χ4v) is 2.67. The third-order valence-electron chi connectivity index (χ3n) is 3.52. The maximum Gasteiger partial charge on any atom is 0.330 e. The summed E-state index contributed by atoms with van der Waals surface area (Å²) in [6, 6.07) is 5.99. The van der Waals surface area contributed by atoms with Crippen LogP contribution >= 0.6 is 0 Å². The highest BCUT2D eigenvalue weighted by atomic mass is 19.1. The summed E-state index contributed by atoms with van der Waals surface area (Å²) in [4.78, 5) is 24.6. The van der Waals surface area contributed by atoms with Crippen molar-refractivity contribution >= 4 is 11.9 Å². The highest BCUT2D eigenvalue weighted by molar-refractivity contribution is 6.07. The zero-order valence-corrected chi connectivity index (χ0v) is 10.1. The maximum atomic E-state index is 14.0. The van der Waals surface area contributed by atoms with Crippen LogP contribution in [0, 0.1) is 17.1 Å². The summed E-state index contributed by atoms with van der Waals surface area (Å²) in [7, 11) is 0. The molecule has 2 aliphatic heterocycles. The predicted octanol–water partition coefficient (Wildman–Crippen LogP) is 0.537. The molecule has 100 valence electrons. The van der Waals surface area contributed by atoms with Gasteiger partial charge in [0.1, 0.15) is 17.7 Å². The second kappa shape index (κ2) is 4.06. The minimum absolute atomic E-state index is 0.0308. The van der Waals surface area contributed by atoms with Crippen LogP contribution in [-0.4, -0.2) is 22.9 Å². The number of carbonyl (C=O) groups excluding carboxylic acids is 2. The van der Waals surface area contributed by atoms with E-state index in [0.29, 0.717) is 0 Å². The standard InChI is InChI=1S/C13H9FN4O2/c14-8-4-2-1-3-6(8)9-7(5-15)11(16)18-10(9)12(19)17-13(18)20/h1-4,9-10H,16H2,(H,17,19,20)/t9-,10-/m0/s1. The van der Waals surface area contributed by atoms with Gasteiger partial charge < -0.3 is 5.73 Å². The number of imide groups is 1. The van der Waals surface area contributed by atoms with Crippen LogP contribution in [0.3, 0.4) is 0 Å². The number of hydrogen-bond donors (Lipinski definition) is 2. The number of nitrogens with one attached hydrogen (secondary N) is 1. The van der Waals surface area contributed by atoms with E-state index in [-0.39, 0.29) is 17.0 Å². The lowest BCUT2D eigenvalue weighted by Crippen LogP contribution is -2.35. The molecule has 7 heteroatoms. The van der Waals surface area contributed by atoms with Gasteiger partial charge in [-0.15, -0.1) is 0 Å². The molecule has 3 amide bonds. The van der Waals surface area contributed by atoms with Gasteiger partial charge in [-0.2, -0.15) is 5.26 Å². The summed E-state index contributed by atoms with van der Waals surface area (Å²) in [6.45, 7) is 0. The van der Waals surface area contributed by atoms with E-state index in [1.807, 2.05) is 6.07 Å². The fourth-order valence-electron chi connectivity index (χ4n) is 2.67. The first-order valence-corrected chi connectivity index (χ1v) is 5.84. The molecule has 1 saturated heterocycles. The van der Waals surface area contributed by atoms with Crippen molar-refractivity contribution in [3.8, 4) is 6.07 Å². The number of amides is 3. The van der Waals surface area contributed by atoms with Crippen LogP contribution in [0.2, 0.25) is 0 Å². The average molecular weight is 272 g/mol.